The van der Waals surface area contributed by atoms with Gasteiger partial charge in [-0.3, -0.25) is 9.59 Å². The first-order chi connectivity index (χ1) is 9.72. The zero-order valence-corrected chi connectivity index (χ0v) is 15.0. The van der Waals surface area contributed by atoms with Crippen molar-refractivity contribution in [3.63, 3.8) is 0 Å². The van der Waals surface area contributed by atoms with Crippen LogP contribution >= 0.6 is 0 Å². The van der Waals surface area contributed by atoms with Crippen LogP contribution in [-0.2, 0) is 19.1 Å². The third-order valence-electron chi connectivity index (χ3n) is 2.99. The quantitative estimate of drug-likeness (QED) is 0.494. The molecule has 4 nitrogen and oxygen atoms in total. The lowest BCUT2D eigenvalue weighted by Gasteiger charge is -2.21. The Morgan fingerprint density at radius 3 is 1.81 bits per heavy atom. The Morgan fingerprint density at radius 1 is 0.952 bits per heavy atom. The Labute approximate surface area is 130 Å². The first-order valence-corrected chi connectivity index (χ1v) is 8.06. The van der Waals surface area contributed by atoms with Gasteiger partial charge in [0.1, 0.15) is 0 Å². The Bertz CT molecular complexity index is 283. The molecule has 4 heteroatoms. The number of ether oxygens (including phenoxy) is 2. The van der Waals surface area contributed by atoms with Gasteiger partial charge in [0.15, 0.2) is 0 Å². The standard InChI is InChI=1S/C11H22O2.C6H12O2/c1-5-7-8-9-11(3,4)10(12)13-6-2;1-4-8-6(7)5(2)3/h5-9H2,1-4H3;5H,4H2,1-3H3. The molecule has 0 unspecified atom stereocenters. The highest BCUT2D eigenvalue weighted by atomic mass is 16.5. The van der Waals surface area contributed by atoms with Crippen molar-refractivity contribution in [2.24, 2.45) is 11.3 Å². The molecule has 0 aliphatic carbocycles. The average molecular weight is 302 g/mol. The third-order valence-corrected chi connectivity index (χ3v) is 2.99. The van der Waals surface area contributed by atoms with Crippen molar-refractivity contribution in [3.8, 4) is 0 Å². The van der Waals surface area contributed by atoms with E-state index in [1.165, 1.54) is 12.8 Å². The van der Waals surface area contributed by atoms with Gasteiger partial charge >= 0.3 is 11.9 Å². The lowest BCUT2D eigenvalue weighted by molar-refractivity contribution is -0.153. The summed E-state index contributed by atoms with van der Waals surface area (Å²) in [6.07, 6.45) is 4.43. The summed E-state index contributed by atoms with van der Waals surface area (Å²) in [5, 5.41) is 0. The first-order valence-electron chi connectivity index (χ1n) is 8.06. The van der Waals surface area contributed by atoms with Gasteiger partial charge in [-0.15, -0.1) is 0 Å². The van der Waals surface area contributed by atoms with Gasteiger partial charge in [-0.25, -0.2) is 0 Å². The fourth-order valence-corrected chi connectivity index (χ4v) is 1.55. The lowest BCUT2D eigenvalue weighted by Crippen LogP contribution is -2.26. The highest BCUT2D eigenvalue weighted by Gasteiger charge is 2.28. The molecule has 0 aliphatic rings. The van der Waals surface area contributed by atoms with Crippen molar-refractivity contribution in [1.29, 1.82) is 0 Å². The number of rotatable bonds is 8. The van der Waals surface area contributed by atoms with E-state index in [2.05, 4.69) is 11.7 Å². The monoisotopic (exact) mass is 302 g/mol. The molecule has 0 radical (unpaired) electrons. The van der Waals surface area contributed by atoms with E-state index in [1.54, 1.807) is 6.92 Å². The molecule has 0 aromatic heterocycles. The molecule has 0 N–H and O–H groups in total. The topological polar surface area (TPSA) is 52.6 Å². The van der Waals surface area contributed by atoms with Crippen molar-refractivity contribution in [1.82, 2.24) is 0 Å². The normalized spacial score (nSPS) is 10.7. The summed E-state index contributed by atoms with van der Waals surface area (Å²) < 4.78 is 9.66. The fourth-order valence-electron chi connectivity index (χ4n) is 1.55. The predicted molar refractivity (Wildman–Crippen MR) is 86.0 cm³/mol. The molecule has 0 heterocycles. The minimum absolute atomic E-state index is 0.00921. The summed E-state index contributed by atoms with van der Waals surface area (Å²) >= 11 is 0. The van der Waals surface area contributed by atoms with Gasteiger partial charge < -0.3 is 9.47 Å². The molecular formula is C17H34O4. The largest absolute Gasteiger partial charge is 0.466 e. The van der Waals surface area contributed by atoms with Crippen molar-refractivity contribution >= 4 is 11.9 Å². The summed E-state index contributed by atoms with van der Waals surface area (Å²) in [6.45, 7) is 14.3. The number of carbonyl (C=O) groups excluding carboxylic acids is 2. The van der Waals surface area contributed by atoms with E-state index in [1.807, 2.05) is 34.6 Å². The molecule has 0 spiro atoms. The van der Waals surface area contributed by atoms with Gasteiger partial charge in [-0.2, -0.15) is 0 Å². The van der Waals surface area contributed by atoms with Gasteiger partial charge in [-0.1, -0.05) is 40.0 Å². The van der Waals surface area contributed by atoms with Crippen LogP contribution in [0.5, 0.6) is 0 Å². The van der Waals surface area contributed by atoms with Crippen LogP contribution in [0, 0.1) is 11.3 Å². The van der Waals surface area contributed by atoms with Gasteiger partial charge in [0.25, 0.3) is 0 Å². The molecule has 0 aliphatic heterocycles. The maximum atomic E-state index is 11.4. The molecule has 21 heavy (non-hydrogen) atoms. The minimum atomic E-state index is -0.300. The van der Waals surface area contributed by atoms with Crippen molar-refractivity contribution < 1.29 is 19.1 Å². The van der Waals surface area contributed by atoms with Crippen molar-refractivity contribution in [2.75, 3.05) is 13.2 Å². The summed E-state index contributed by atoms with van der Waals surface area (Å²) in [7, 11) is 0. The van der Waals surface area contributed by atoms with Crippen LogP contribution in [0.4, 0.5) is 0 Å². The number of carbonyl (C=O) groups is 2. The number of hydrogen-bond donors (Lipinski definition) is 0. The molecule has 0 saturated heterocycles. The van der Waals surface area contributed by atoms with E-state index in [-0.39, 0.29) is 23.3 Å². The minimum Gasteiger partial charge on any atom is -0.466 e. The summed E-state index contributed by atoms with van der Waals surface area (Å²) in [5.74, 6) is -0.173. The summed E-state index contributed by atoms with van der Waals surface area (Å²) in [4.78, 5) is 22.0. The zero-order valence-electron chi connectivity index (χ0n) is 15.0. The predicted octanol–water partition coefficient (Wildman–Crippen LogP) is 4.36. The number of unbranched alkanes of at least 4 members (excludes halogenated alkanes) is 2. The Kier molecular flexibility index (Phi) is 13.4. The van der Waals surface area contributed by atoms with E-state index < -0.39 is 0 Å². The SMILES string of the molecule is CCCCCC(C)(C)C(=O)OCC.CCOC(=O)C(C)C. The highest BCUT2D eigenvalue weighted by molar-refractivity contribution is 5.75. The van der Waals surface area contributed by atoms with Crippen molar-refractivity contribution in [2.45, 2.75) is 74.1 Å². The van der Waals surface area contributed by atoms with Gasteiger partial charge in [-0.05, 0) is 34.1 Å². The average Bonchev–Trinajstić information content (AvgIpc) is 2.40. The van der Waals surface area contributed by atoms with Gasteiger partial charge in [0.05, 0.1) is 24.5 Å². The molecule has 0 atom stereocenters. The van der Waals surface area contributed by atoms with E-state index in [0.717, 1.165) is 12.8 Å². The summed E-state index contributed by atoms with van der Waals surface area (Å²) in [6, 6.07) is 0. The first kappa shape index (κ1) is 22.2. The molecule has 0 rings (SSSR count). The second-order valence-electron chi connectivity index (χ2n) is 5.97. The van der Waals surface area contributed by atoms with Crippen LogP contribution in [0.15, 0.2) is 0 Å². The molecule has 0 amide bonds. The smallest absolute Gasteiger partial charge is 0.311 e. The van der Waals surface area contributed by atoms with Crippen LogP contribution in [0.3, 0.4) is 0 Å². The lowest BCUT2D eigenvalue weighted by atomic mass is 9.87. The fraction of sp³-hybridized carbons (Fsp3) is 0.882. The Balaban J connectivity index is 0. The van der Waals surface area contributed by atoms with Gasteiger partial charge in [0, 0.05) is 0 Å². The van der Waals surface area contributed by atoms with E-state index in [9.17, 15) is 9.59 Å². The zero-order chi connectivity index (χ0) is 16.9. The molecule has 0 bridgehead atoms. The van der Waals surface area contributed by atoms with E-state index in [4.69, 9.17) is 4.74 Å². The number of hydrogen-bond acceptors (Lipinski definition) is 4. The number of esters is 2. The van der Waals surface area contributed by atoms with Crippen LogP contribution in [0.25, 0.3) is 0 Å². The third kappa shape index (κ3) is 12.4. The maximum Gasteiger partial charge on any atom is 0.311 e. The Morgan fingerprint density at radius 2 is 1.48 bits per heavy atom. The molecule has 0 aromatic rings. The highest BCUT2D eigenvalue weighted by Crippen LogP contribution is 2.25. The van der Waals surface area contributed by atoms with E-state index in [0.29, 0.717) is 13.2 Å². The van der Waals surface area contributed by atoms with Crippen molar-refractivity contribution in [3.05, 3.63) is 0 Å². The maximum absolute atomic E-state index is 11.4. The van der Waals surface area contributed by atoms with Crippen LogP contribution < -0.4 is 0 Å². The second kappa shape index (κ2) is 12.7. The Hall–Kier alpha value is -1.06. The van der Waals surface area contributed by atoms with Crippen LogP contribution in [0.1, 0.15) is 74.1 Å². The van der Waals surface area contributed by atoms with E-state index >= 15 is 0 Å². The molecule has 0 aromatic carbocycles. The molecule has 0 fully saturated rings. The molecule has 126 valence electrons. The van der Waals surface area contributed by atoms with Gasteiger partial charge in [0.2, 0.25) is 0 Å². The van der Waals surface area contributed by atoms with Crippen LogP contribution in [-0.4, -0.2) is 25.2 Å². The summed E-state index contributed by atoms with van der Waals surface area (Å²) in [5.41, 5.74) is -0.300. The molecule has 0 saturated carbocycles. The molecular weight excluding hydrogens is 268 g/mol. The second-order valence-corrected chi connectivity index (χ2v) is 5.97. The van der Waals surface area contributed by atoms with Crippen LogP contribution in [0.2, 0.25) is 0 Å².